The first kappa shape index (κ1) is 106. The summed E-state index contributed by atoms with van der Waals surface area (Å²) in [5, 5.41) is 21.0. The fourth-order valence-corrected chi connectivity index (χ4v) is 21.8. The Hall–Kier alpha value is -8.37. The van der Waals surface area contributed by atoms with E-state index in [2.05, 4.69) is 146 Å². The van der Waals surface area contributed by atoms with Crippen LogP contribution in [0.4, 0.5) is 28.4 Å². The van der Waals surface area contributed by atoms with Crippen molar-refractivity contribution in [1.29, 1.82) is 5.26 Å². The predicted molar refractivity (Wildman–Crippen MR) is 544 cm³/mol. The SMILES string of the molecule is CC#N.CC[C@@H](N)CC1CCCCC1.CC[C@H](CC1CCCCC1)Nc1c(N2CCCC(C(OCCC3CC3)c3ccccc3)C2)c(=O)c1=O.CC[C@H](CC1CCCCC1)Nc1c(OC)c(=O)c1=O.COc1c(OC)c(=O)c1=O.NC[C@H](CC1CCCCC1)Nc1c(N2CCCC(C(OCCC3CC3)c3ccccc3)C2)c(=O)c1=O.c1ccc(C(OCCC2CC2)C2CCCNC2)cc1. The van der Waals surface area contributed by atoms with Gasteiger partial charge in [0.2, 0.25) is 11.5 Å². The van der Waals surface area contributed by atoms with Gasteiger partial charge in [-0.3, -0.25) is 38.4 Å². The molecular weight excluding hydrogens is 1680 g/mol. The van der Waals surface area contributed by atoms with Crippen molar-refractivity contribution in [2.75, 3.05) is 113 Å². The normalized spacial score (nSPS) is 21.3. The van der Waals surface area contributed by atoms with E-state index in [-0.39, 0.29) is 81.3 Å². The Morgan fingerprint density at radius 2 is 0.701 bits per heavy atom. The van der Waals surface area contributed by atoms with E-state index < -0.39 is 21.7 Å². The van der Waals surface area contributed by atoms with Crippen LogP contribution in [0.2, 0.25) is 0 Å². The monoisotopic (exact) mass is 1850 g/mol. The molecule has 0 bridgehead atoms. The van der Waals surface area contributed by atoms with Crippen LogP contribution in [0.5, 0.6) is 17.2 Å². The summed E-state index contributed by atoms with van der Waals surface area (Å²) < 4.78 is 33.4. The molecule has 0 amide bonds. The van der Waals surface area contributed by atoms with Crippen molar-refractivity contribution >= 4 is 28.4 Å². The molecule has 7 aromatic carbocycles. The molecule has 7 aliphatic carbocycles. The van der Waals surface area contributed by atoms with Crippen LogP contribution in [0.15, 0.2) is 129 Å². The van der Waals surface area contributed by atoms with Crippen LogP contribution in [0.1, 0.15) is 332 Å². The summed E-state index contributed by atoms with van der Waals surface area (Å²) >= 11 is 0. The summed E-state index contributed by atoms with van der Waals surface area (Å²) in [4.78, 5) is 99.2. The number of hydrogen-bond acceptors (Lipinski definition) is 23. The number of anilines is 5. The van der Waals surface area contributed by atoms with Gasteiger partial charge < -0.3 is 71.0 Å². The average Bonchev–Trinajstić information content (AvgIpc) is 1.42. The molecule has 10 fully saturated rings. The third kappa shape index (κ3) is 32.1. The molecule has 23 heteroatoms. The van der Waals surface area contributed by atoms with E-state index in [0.29, 0.717) is 58.8 Å². The molecule has 3 aliphatic heterocycles. The summed E-state index contributed by atoms with van der Waals surface area (Å²) in [5.41, 5.74) is 15.0. The van der Waals surface area contributed by atoms with Crippen LogP contribution in [0, 0.1) is 70.5 Å². The molecule has 8 N–H and O–H groups in total. The van der Waals surface area contributed by atoms with Gasteiger partial charge in [0.1, 0.15) is 28.4 Å². The minimum atomic E-state index is -0.612. The average molecular weight is 1850 g/mol. The fraction of sp³-hybridized carbons (Fsp3) is 0.685. The topological polar surface area (TPSA) is 322 Å². The van der Waals surface area contributed by atoms with Crippen LogP contribution < -0.4 is 100 Å². The molecule has 0 spiro atoms. The third-order valence-corrected chi connectivity index (χ3v) is 30.4. The second-order valence-electron chi connectivity index (χ2n) is 40.6. The van der Waals surface area contributed by atoms with Gasteiger partial charge in [-0.2, -0.15) is 5.26 Å². The number of rotatable bonds is 41. The molecule has 7 saturated carbocycles. The Morgan fingerprint density at radius 3 is 1.03 bits per heavy atom. The van der Waals surface area contributed by atoms with Crippen molar-refractivity contribution in [2.24, 2.45) is 70.6 Å². The third-order valence-electron chi connectivity index (χ3n) is 30.4. The second kappa shape index (κ2) is 56.5. The zero-order chi connectivity index (χ0) is 95.1. The molecule has 0 radical (unpaired) electrons. The van der Waals surface area contributed by atoms with E-state index in [4.69, 9.17) is 35.7 Å². The Bertz CT molecular complexity index is 4650. The Kier molecular flexibility index (Phi) is 44.7. The number of nitrogens with one attached hydrogen (secondary N) is 4. The first-order valence-corrected chi connectivity index (χ1v) is 52.6. The van der Waals surface area contributed by atoms with Crippen LogP contribution in [0.3, 0.4) is 0 Å². The first-order chi connectivity index (χ1) is 65.3. The van der Waals surface area contributed by atoms with Gasteiger partial charge in [-0.05, 0) is 167 Å². The summed E-state index contributed by atoms with van der Waals surface area (Å²) in [7, 11) is 4.07. The minimum absolute atomic E-state index is 0.0127. The van der Waals surface area contributed by atoms with E-state index in [0.717, 1.165) is 165 Å². The highest BCUT2D eigenvalue weighted by Gasteiger charge is 2.39. The zero-order valence-electron chi connectivity index (χ0n) is 82.5. The van der Waals surface area contributed by atoms with Crippen molar-refractivity contribution in [3.63, 3.8) is 0 Å². The number of ether oxygens (including phenoxy) is 6. The van der Waals surface area contributed by atoms with E-state index in [9.17, 15) is 38.4 Å². The number of nitrogens with two attached hydrogens (primary N) is 2. The maximum atomic E-state index is 12.8. The highest BCUT2D eigenvalue weighted by Crippen LogP contribution is 2.43. The van der Waals surface area contributed by atoms with Crippen molar-refractivity contribution in [3.05, 3.63) is 189 Å². The first-order valence-electron chi connectivity index (χ1n) is 52.6. The lowest BCUT2D eigenvalue weighted by Crippen LogP contribution is -2.48. The maximum Gasteiger partial charge on any atom is 0.275 e. The zero-order valence-corrected chi connectivity index (χ0v) is 82.5. The van der Waals surface area contributed by atoms with Crippen LogP contribution in [-0.2, 0) is 14.2 Å². The fourth-order valence-electron chi connectivity index (χ4n) is 21.8. The number of methoxy groups -OCH3 is 3. The summed E-state index contributed by atoms with van der Waals surface area (Å²) in [6.45, 7) is 16.3. The molecule has 6 unspecified atom stereocenters. The van der Waals surface area contributed by atoms with E-state index in [1.807, 2.05) is 6.07 Å². The molecule has 134 heavy (non-hydrogen) atoms. The lowest BCUT2D eigenvalue weighted by atomic mass is 9.84. The minimum Gasteiger partial charge on any atom is -0.491 e. The molecule has 7 aromatic rings. The highest BCUT2D eigenvalue weighted by molar-refractivity contribution is 5.77. The number of nitrogens with zero attached hydrogens (tertiary/aromatic N) is 3. The largest absolute Gasteiger partial charge is 0.491 e. The molecular formula is C111H165N9O14. The maximum absolute atomic E-state index is 12.8. The molecule has 23 nitrogen and oxygen atoms in total. The molecule has 3 heterocycles. The van der Waals surface area contributed by atoms with E-state index in [1.54, 1.807) is 6.07 Å². The van der Waals surface area contributed by atoms with Gasteiger partial charge >= 0.3 is 0 Å². The standard InChI is InChI=1S/C31H44N2O3.C30H43N3O3.C17H25NO.C15H23NO3.C10H21N.C6H6O4.C2H3N/c1-2-26(20-23-10-5-3-6-11-23)32-27-28(30(35)29(27)34)33-18-9-14-25(21-33)31(24-12-7-4-8-13-24)36-19-17-22-15-16-22;31-19-25(18-22-8-3-1-4-9-22)32-26-27(29(35)28(26)34)33-16-7-12-24(20-33)30(23-10-5-2-6-11-23)36-17-15-21-13-14-21;1-2-5-15(6-3-1)17(16-7-4-11-18-13-16)19-12-10-14-8-9-14;1-3-11(9-10-7-5-4-6-8-10)16-12-13(17)14(18)15(12)19-2;1-2-10(11)8-9-6-4-3-5-7-9;1-9-5-3(7)4(8)6(5)10-2;1-2-3/h4,7-8,12-13,22-23,25-26,31-32H,2-3,5-6,9-11,14-21H2,1H3;2,5-6,10-11,21-22,24-25,30,32H,1,3-4,7-9,12-20,31H2;1-3,5-6,14,16-18H,4,7-13H2;10-11,16H,3-9H2,1-2H3;9-10H,2-8,11H2,1H3;1-2H3;1H3/t25?,26-,31?;24?,25-,30?;;11-;10-;;/m10.11../s1. The van der Waals surface area contributed by atoms with E-state index in [1.165, 1.54) is 244 Å². The molecule has 10 atom stereocenters. The number of piperidine rings is 3. The van der Waals surface area contributed by atoms with Gasteiger partial charge in [-0.1, -0.05) is 279 Å². The summed E-state index contributed by atoms with van der Waals surface area (Å²) in [6.07, 6.45) is 53.1. The van der Waals surface area contributed by atoms with Gasteiger partial charge in [-0.25, -0.2) is 0 Å². The molecule has 0 aromatic heterocycles. The highest BCUT2D eigenvalue weighted by atomic mass is 16.5. The van der Waals surface area contributed by atoms with Crippen molar-refractivity contribution in [1.82, 2.24) is 5.32 Å². The Labute approximate surface area is 799 Å². The smallest absolute Gasteiger partial charge is 0.275 e. The molecule has 738 valence electrons. The van der Waals surface area contributed by atoms with Crippen molar-refractivity contribution in [3.8, 4) is 23.3 Å². The van der Waals surface area contributed by atoms with Gasteiger partial charge in [-0.15, -0.1) is 0 Å². The van der Waals surface area contributed by atoms with Gasteiger partial charge in [0.15, 0.2) is 5.75 Å². The summed E-state index contributed by atoms with van der Waals surface area (Å²) in [6, 6.07) is 34.6. The summed E-state index contributed by atoms with van der Waals surface area (Å²) in [5.74, 6) is 7.23. The van der Waals surface area contributed by atoms with E-state index >= 15 is 0 Å². The van der Waals surface area contributed by atoms with Crippen molar-refractivity contribution in [2.45, 2.75) is 340 Å². The van der Waals surface area contributed by atoms with Gasteiger partial charge in [0, 0.05) is 108 Å². The van der Waals surface area contributed by atoms with Gasteiger partial charge in [0.05, 0.1) is 45.7 Å². The Balaban J connectivity index is 0.000000163. The second-order valence-corrected chi connectivity index (χ2v) is 40.6. The number of benzene rings is 3. The van der Waals surface area contributed by atoms with Gasteiger partial charge in [0.25, 0.3) is 43.4 Å². The molecule has 10 aliphatic rings. The molecule has 3 saturated heterocycles. The molecule has 17 rings (SSSR count). The van der Waals surface area contributed by atoms with Crippen LogP contribution in [0.25, 0.3) is 0 Å². The lowest BCUT2D eigenvalue weighted by Gasteiger charge is -2.39. The number of nitriles is 1. The van der Waals surface area contributed by atoms with Crippen LogP contribution >= 0.6 is 0 Å². The lowest BCUT2D eigenvalue weighted by molar-refractivity contribution is 0.000129. The quantitative estimate of drug-likeness (QED) is 0.0194. The van der Waals surface area contributed by atoms with Crippen molar-refractivity contribution < 1.29 is 28.4 Å². The Morgan fingerprint density at radius 1 is 0.381 bits per heavy atom. The van der Waals surface area contributed by atoms with Crippen LogP contribution in [-0.4, -0.2) is 111 Å². The number of hydrogen-bond donors (Lipinski definition) is 6. The predicted octanol–water partition coefficient (Wildman–Crippen LogP) is 19.5.